The van der Waals surface area contributed by atoms with Crippen molar-refractivity contribution in [2.45, 2.75) is 44.7 Å². The summed E-state index contributed by atoms with van der Waals surface area (Å²) in [6, 6.07) is 3.59. The Morgan fingerprint density at radius 2 is 1.91 bits per heavy atom. The van der Waals surface area contributed by atoms with Gasteiger partial charge in [0, 0.05) is 5.56 Å². The molecule has 1 aliphatic carbocycles. The average Bonchev–Trinajstić information content (AvgIpc) is 2.50. The Kier molecular flexibility index (Phi) is 6.80. The van der Waals surface area contributed by atoms with Crippen molar-refractivity contribution >= 4 is 11.6 Å². The molecule has 0 saturated heterocycles. The maximum Gasteiger partial charge on any atom is 0.417 e. The van der Waals surface area contributed by atoms with Gasteiger partial charge in [-0.1, -0.05) is 55.5 Å². The van der Waals surface area contributed by atoms with E-state index in [0.29, 0.717) is 12.1 Å². The van der Waals surface area contributed by atoms with Crippen LogP contribution in [0.3, 0.4) is 0 Å². The van der Waals surface area contributed by atoms with Gasteiger partial charge in [0.05, 0.1) is 17.1 Å². The molecule has 0 aliphatic heterocycles. The molecule has 0 radical (unpaired) electrons. The molecule has 1 aliphatic rings. The third kappa shape index (κ3) is 6.08. The number of benzene rings is 1. The van der Waals surface area contributed by atoms with Gasteiger partial charge in [-0.2, -0.15) is 13.2 Å². The molecular formula is C18H21ClF3N. The van der Waals surface area contributed by atoms with Crippen molar-refractivity contribution in [3.8, 4) is 11.8 Å². The molecule has 1 N–H and O–H groups in total. The molecule has 1 aromatic carbocycles. The Morgan fingerprint density at radius 1 is 1.17 bits per heavy atom. The highest BCUT2D eigenvalue weighted by Crippen LogP contribution is 2.34. The van der Waals surface area contributed by atoms with Gasteiger partial charge in [-0.15, -0.1) is 0 Å². The summed E-state index contributed by atoms with van der Waals surface area (Å²) in [6.45, 7) is 1.47. The van der Waals surface area contributed by atoms with E-state index >= 15 is 0 Å². The SMILES string of the molecule is FC(F)(F)c1ccc(C#CCNCCC2CCCCC2)cc1Cl. The summed E-state index contributed by atoms with van der Waals surface area (Å²) in [4.78, 5) is 0. The Hall–Kier alpha value is -1.18. The third-order valence-corrected chi connectivity index (χ3v) is 4.49. The molecule has 0 unspecified atom stereocenters. The van der Waals surface area contributed by atoms with Crippen molar-refractivity contribution in [1.82, 2.24) is 5.32 Å². The first-order valence-corrected chi connectivity index (χ1v) is 8.41. The summed E-state index contributed by atoms with van der Waals surface area (Å²) in [7, 11) is 0. The fourth-order valence-corrected chi connectivity index (χ4v) is 3.19. The number of alkyl halides is 3. The quantitative estimate of drug-likeness (QED) is 0.580. The predicted octanol–water partition coefficient (Wildman–Crippen LogP) is 5.27. The van der Waals surface area contributed by atoms with E-state index in [1.165, 1.54) is 50.7 Å². The molecule has 0 atom stereocenters. The molecule has 0 spiro atoms. The van der Waals surface area contributed by atoms with E-state index in [2.05, 4.69) is 17.2 Å². The summed E-state index contributed by atoms with van der Waals surface area (Å²) in [5, 5.41) is 2.96. The lowest BCUT2D eigenvalue weighted by atomic mass is 9.87. The Balaban J connectivity index is 1.75. The van der Waals surface area contributed by atoms with Crippen LogP contribution in [-0.4, -0.2) is 13.1 Å². The first-order chi connectivity index (χ1) is 11.0. The molecule has 0 bridgehead atoms. The average molecular weight is 344 g/mol. The van der Waals surface area contributed by atoms with Crippen LogP contribution in [-0.2, 0) is 6.18 Å². The van der Waals surface area contributed by atoms with Gasteiger partial charge in [0.25, 0.3) is 0 Å². The van der Waals surface area contributed by atoms with E-state index in [0.717, 1.165) is 18.5 Å². The highest BCUT2D eigenvalue weighted by atomic mass is 35.5. The molecule has 5 heteroatoms. The van der Waals surface area contributed by atoms with Crippen LogP contribution in [0.4, 0.5) is 13.2 Å². The largest absolute Gasteiger partial charge is 0.417 e. The molecule has 1 nitrogen and oxygen atoms in total. The fraction of sp³-hybridized carbons (Fsp3) is 0.556. The summed E-state index contributed by atoms with van der Waals surface area (Å²) in [6.07, 6.45) is 3.47. The second-order valence-electron chi connectivity index (χ2n) is 5.96. The zero-order valence-corrected chi connectivity index (χ0v) is 13.7. The van der Waals surface area contributed by atoms with Gasteiger partial charge in [-0.3, -0.25) is 0 Å². The van der Waals surface area contributed by atoms with E-state index in [1.807, 2.05) is 0 Å². The van der Waals surface area contributed by atoms with E-state index in [1.54, 1.807) is 0 Å². The predicted molar refractivity (Wildman–Crippen MR) is 87.4 cm³/mol. The topological polar surface area (TPSA) is 12.0 Å². The van der Waals surface area contributed by atoms with Crippen LogP contribution in [0.1, 0.15) is 49.7 Å². The Bertz CT molecular complexity index is 566. The maximum atomic E-state index is 12.6. The van der Waals surface area contributed by atoms with Crippen molar-refractivity contribution in [3.63, 3.8) is 0 Å². The second kappa shape index (κ2) is 8.61. The lowest BCUT2D eigenvalue weighted by Crippen LogP contribution is -2.19. The Labute approximate surface area is 140 Å². The number of nitrogens with one attached hydrogen (secondary N) is 1. The van der Waals surface area contributed by atoms with E-state index in [-0.39, 0.29) is 5.02 Å². The molecule has 1 saturated carbocycles. The van der Waals surface area contributed by atoms with Crippen LogP contribution in [0, 0.1) is 17.8 Å². The number of hydrogen-bond acceptors (Lipinski definition) is 1. The lowest BCUT2D eigenvalue weighted by molar-refractivity contribution is -0.137. The van der Waals surface area contributed by atoms with Gasteiger partial charge in [-0.05, 0) is 37.1 Å². The van der Waals surface area contributed by atoms with Crippen molar-refractivity contribution in [1.29, 1.82) is 0 Å². The Morgan fingerprint density at radius 3 is 2.57 bits per heavy atom. The summed E-state index contributed by atoms with van der Waals surface area (Å²) >= 11 is 5.66. The van der Waals surface area contributed by atoms with E-state index < -0.39 is 11.7 Å². The molecule has 2 rings (SSSR count). The van der Waals surface area contributed by atoms with Gasteiger partial charge in [-0.25, -0.2) is 0 Å². The van der Waals surface area contributed by atoms with Crippen LogP contribution in [0.2, 0.25) is 5.02 Å². The number of hydrogen-bond donors (Lipinski definition) is 1. The molecule has 126 valence electrons. The summed E-state index contributed by atoms with van der Waals surface area (Å²) < 4.78 is 37.8. The minimum absolute atomic E-state index is 0.311. The summed E-state index contributed by atoms with van der Waals surface area (Å²) in [5.74, 6) is 6.59. The van der Waals surface area contributed by atoms with Crippen molar-refractivity contribution < 1.29 is 13.2 Å². The molecule has 1 fully saturated rings. The van der Waals surface area contributed by atoms with Gasteiger partial charge in [0.2, 0.25) is 0 Å². The second-order valence-corrected chi connectivity index (χ2v) is 6.37. The maximum absolute atomic E-state index is 12.6. The van der Waals surface area contributed by atoms with Crippen LogP contribution >= 0.6 is 11.6 Å². The van der Waals surface area contributed by atoms with Crippen LogP contribution in [0.5, 0.6) is 0 Å². The van der Waals surface area contributed by atoms with Crippen molar-refractivity contribution in [2.24, 2.45) is 5.92 Å². The molecule has 1 aromatic rings. The molecule has 0 amide bonds. The monoisotopic (exact) mass is 343 g/mol. The standard InChI is InChI=1S/C18H21ClF3N/c19-17-13-15(8-9-16(17)18(20,21)22)7-4-11-23-12-10-14-5-2-1-3-6-14/h8-9,13-14,23H,1-3,5-6,10-12H2. The highest BCUT2D eigenvalue weighted by molar-refractivity contribution is 6.31. The van der Waals surface area contributed by atoms with Crippen LogP contribution in [0.25, 0.3) is 0 Å². The first kappa shape index (κ1) is 18.2. The summed E-state index contributed by atoms with van der Waals surface area (Å²) in [5.41, 5.74) is -0.326. The first-order valence-electron chi connectivity index (χ1n) is 8.03. The number of rotatable bonds is 4. The van der Waals surface area contributed by atoms with Crippen LogP contribution in [0.15, 0.2) is 18.2 Å². The third-order valence-electron chi connectivity index (χ3n) is 4.17. The molecular weight excluding hydrogens is 323 g/mol. The van der Waals surface area contributed by atoms with Gasteiger partial charge in [0.1, 0.15) is 0 Å². The minimum Gasteiger partial charge on any atom is -0.306 e. The van der Waals surface area contributed by atoms with Crippen molar-refractivity contribution in [2.75, 3.05) is 13.1 Å². The van der Waals surface area contributed by atoms with Gasteiger partial charge in [0.15, 0.2) is 0 Å². The van der Waals surface area contributed by atoms with E-state index in [9.17, 15) is 13.2 Å². The lowest BCUT2D eigenvalue weighted by Gasteiger charge is -2.21. The van der Waals surface area contributed by atoms with Crippen molar-refractivity contribution in [3.05, 3.63) is 34.3 Å². The highest BCUT2D eigenvalue weighted by Gasteiger charge is 2.32. The zero-order valence-electron chi connectivity index (χ0n) is 13.0. The smallest absolute Gasteiger partial charge is 0.306 e. The van der Waals surface area contributed by atoms with Crippen LogP contribution < -0.4 is 5.32 Å². The van der Waals surface area contributed by atoms with Gasteiger partial charge < -0.3 is 5.32 Å². The fourth-order valence-electron chi connectivity index (χ4n) is 2.90. The molecule has 0 heterocycles. The molecule has 23 heavy (non-hydrogen) atoms. The minimum atomic E-state index is -4.43. The normalized spacial score (nSPS) is 16.0. The van der Waals surface area contributed by atoms with Gasteiger partial charge >= 0.3 is 6.18 Å². The molecule has 0 aromatic heterocycles. The van der Waals surface area contributed by atoms with E-state index in [4.69, 9.17) is 11.6 Å². The number of halogens is 4. The zero-order chi connectivity index (χ0) is 16.7.